The summed E-state index contributed by atoms with van der Waals surface area (Å²) in [6.45, 7) is 6.05. The Kier molecular flexibility index (Phi) is 4.25. The number of nitrogens with one attached hydrogen (secondary N) is 2. The van der Waals surface area contributed by atoms with Crippen molar-refractivity contribution in [3.8, 4) is 0 Å². The SMILES string of the molecule is CSc1nc(NCc2cccc3c2CCN3)n2ncc(C(C)C)c2n1. The highest BCUT2D eigenvalue weighted by atomic mass is 32.2. The molecule has 7 heteroatoms. The van der Waals surface area contributed by atoms with Crippen LogP contribution in [0.5, 0.6) is 0 Å². The molecule has 0 saturated heterocycles. The van der Waals surface area contributed by atoms with Crippen molar-refractivity contribution < 1.29 is 0 Å². The highest BCUT2D eigenvalue weighted by Crippen LogP contribution is 2.27. The minimum Gasteiger partial charge on any atom is -0.384 e. The van der Waals surface area contributed by atoms with E-state index in [1.807, 2.05) is 17.0 Å². The van der Waals surface area contributed by atoms with Crippen LogP contribution in [0.15, 0.2) is 29.6 Å². The molecule has 0 atom stereocenters. The maximum absolute atomic E-state index is 4.65. The molecule has 2 N–H and O–H groups in total. The predicted molar refractivity (Wildman–Crippen MR) is 103 cm³/mol. The molecule has 1 aliphatic rings. The van der Waals surface area contributed by atoms with Gasteiger partial charge in [0.2, 0.25) is 5.95 Å². The molecule has 6 nitrogen and oxygen atoms in total. The summed E-state index contributed by atoms with van der Waals surface area (Å²) in [7, 11) is 0. The van der Waals surface area contributed by atoms with Gasteiger partial charge in [-0.2, -0.15) is 14.6 Å². The van der Waals surface area contributed by atoms with Gasteiger partial charge in [0.1, 0.15) is 0 Å². The number of nitrogens with zero attached hydrogens (tertiary/aromatic N) is 4. The highest BCUT2D eigenvalue weighted by Gasteiger charge is 2.17. The molecule has 2 aromatic heterocycles. The van der Waals surface area contributed by atoms with E-state index in [0.29, 0.717) is 5.92 Å². The number of hydrogen-bond donors (Lipinski definition) is 2. The van der Waals surface area contributed by atoms with Crippen molar-refractivity contribution in [3.05, 3.63) is 41.1 Å². The number of hydrogen-bond acceptors (Lipinski definition) is 6. The summed E-state index contributed by atoms with van der Waals surface area (Å²) in [6, 6.07) is 6.42. The van der Waals surface area contributed by atoms with Crippen molar-refractivity contribution in [2.75, 3.05) is 23.4 Å². The van der Waals surface area contributed by atoms with Gasteiger partial charge in [-0.15, -0.1) is 0 Å². The second-order valence-electron chi connectivity index (χ2n) is 6.50. The van der Waals surface area contributed by atoms with Crippen LogP contribution < -0.4 is 10.6 Å². The monoisotopic (exact) mass is 354 g/mol. The van der Waals surface area contributed by atoms with Gasteiger partial charge in [0.15, 0.2) is 10.8 Å². The summed E-state index contributed by atoms with van der Waals surface area (Å²) >= 11 is 1.55. The fraction of sp³-hybridized carbons (Fsp3) is 0.389. The van der Waals surface area contributed by atoms with Gasteiger partial charge in [0, 0.05) is 24.3 Å². The molecular weight excluding hydrogens is 332 g/mol. The van der Waals surface area contributed by atoms with Crippen LogP contribution in [0.1, 0.15) is 36.5 Å². The molecule has 3 heterocycles. The molecule has 25 heavy (non-hydrogen) atoms. The first kappa shape index (κ1) is 16.2. The van der Waals surface area contributed by atoms with Crippen LogP contribution in [-0.2, 0) is 13.0 Å². The molecule has 0 unspecified atom stereocenters. The lowest BCUT2D eigenvalue weighted by Gasteiger charge is -2.12. The minimum atomic E-state index is 0.374. The fourth-order valence-electron chi connectivity index (χ4n) is 3.25. The summed E-state index contributed by atoms with van der Waals surface area (Å²) < 4.78 is 1.82. The van der Waals surface area contributed by atoms with Crippen molar-refractivity contribution in [1.29, 1.82) is 0 Å². The number of aromatic nitrogens is 4. The van der Waals surface area contributed by atoms with Gasteiger partial charge >= 0.3 is 0 Å². The predicted octanol–water partition coefficient (Wildman–Crippen LogP) is 3.55. The van der Waals surface area contributed by atoms with E-state index in [1.165, 1.54) is 16.8 Å². The van der Waals surface area contributed by atoms with Crippen LogP contribution in [0, 0.1) is 0 Å². The Hall–Kier alpha value is -2.28. The van der Waals surface area contributed by atoms with Crippen molar-refractivity contribution in [2.45, 2.75) is 37.9 Å². The van der Waals surface area contributed by atoms with Gasteiger partial charge < -0.3 is 10.6 Å². The molecule has 0 radical (unpaired) electrons. The van der Waals surface area contributed by atoms with Crippen LogP contribution in [-0.4, -0.2) is 32.4 Å². The van der Waals surface area contributed by atoms with E-state index in [4.69, 9.17) is 0 Å². The van der Waals surface area contributed by atoms with E-state index in [-0.39, 0.29) is 0 Å². The van der Waals surface area contributed by atoms with Gasteiger partial charge in [-0.1, -0.05) is 37.7 Å². The third-order valence-electron chi connectivity index (χ3n) is 4.58. The summed E-state index contributed by atoms with van der Waals surface area (Å²) in [5.74, 6) is 1.11. The second-order valence-corrected chi connectivity index (χ2v) is 7.27. The minimum absolute atomic E-state index is 0.374. The van der Waals surface area contributed by atoms with Gasteiger partial charge in [-0.3, -0.25) is 0 Å². The van der Waals surface area contributed by atoms with E-state index in [2.05, 4.69) is 57.7 Å². The summed E-state index contributed by atoms with van der Waals surface area (Å²) in [5.41, 5.74) is 5.98. The number of thioether (sulfide) groups is 1. The Balaban J connectivity index is 1.68. The standard InChI is InChI=1S/C18H22N6S/c1-11(2)14-10-21-24-16(14)22-18(25-3)23-17(24)20-9-12-5-4-6-15-13(12)7-8-19-15/h4-6,10-11,19H,7-9H2,1-3H3,(H,20,22,23). The zero-order chi connectivity index (χ0) is 17.4. The smallest absolute Gasteiger partial charge is 0.228 e. The number of fused-ring (bicyclic) bond motifs is 2. The van der Waals surface area contributed by atoms with Crippen molar-refractivity contribution in [2.24, 2.45) is 0 Å². The van der Waals surface area contributed by atoms with Crippen molar-refractivity contribution >= 4 is 29.0 Å². The highest BCUT2D eigenvalue weighted by molar-refractivity contribution is 7.98. The average Bonchev–Trinajstić information content (AvgIpc) is 3.26. The number of benzene rings is 1. The molecule has 0 spiro atoms. The van der Waals surface area contributed by atoms with Gasteiger partial charge in [0.25, 0.3) is 0 Å². The lowest BCUT2D eigenvalue weighted by molar-refractivity contribution is 0.823. The Morgan fingerprint density at radius 3 is 3.00 bits per heavy atom. The third kappa shape index (κ3) is 2.93. The molecule has 1 aliphatic heterocycles. The Labute approximate surface area is 151 Å². The molecule has 0 bridgehead atoms. The topological polar surface area (TPSA) is 67.1 Å². The van der Waals surface area contributed by atoms with E-state index < -0.39 is 0 Å². The first-order chi connectivity index (χ1) is 12.2. The third-order valence-corrected chi connectivity index (χ3v) is 5.13. The van der Waals surface area contributed by atoms with E-state index in [1.54, 1.807) is 11.8 Å². The average molecular weight is 354 g/mol. The molecule has 4 rings (SSSR count). The normalized spacial score (nSPS) is 13.3. The van der Waals surface area contributed by atoms with Crippen LogP contribution in [0.25, 0.3) is 5.65 Å². The molecule has 0 aliphatic carbocycles. The lowest BCUT2D eigenvalue weighted by Crippen LogP contribution is -2.10. The molecular formula is C18H22N6S. The quantitative estimate of drug-likeness (QED) is 0.683. The Morgan fingerprint density at radius 1 is 1.32 bits per heavy atom. The van der Waals surface area contributed by atoms with Gasteiger partial charge in [0.05, 0.1) is 6.20 Å². The number of anilines is 2. The first-order valence-corrected chi connectivity index (χ1v) is 9.78. The molecule has 1 aromatic carbocycles. The molecule has 3 aromatic rings. The van der Waals surface area contributed by atoms with Gasteiger partial charge in [-0.05, 0) is 35.8 Å². The second kappa shape index (κ2) is 6.55. The van der Waals surface area contributed by atoms with E-state index in [9.17, 15) is 0 Å². The van der Waals surface area contributed by atoms with Crippen molar-refractivity contribution in [1.82, 2.24) is 19.6 Å². The maximum atomic E-state index is 4.65. The zero-order valence-electron chi connectivity index (χ0n) is 14.7. The Morgan fingerprint density at radius 2 is 2.20 bits per heavy atom. The van der Waals surface area contributed by atoms with Crippen LogP contribution in [0.4, 0.5) is 11.6 Å². The number of rotatable bonds is 5. The summed E-state index contributed by atoms with van der Waals surface area (Å²) in [4.78, 5) is 9.28. The molecule has 0 amide bonds. The van der Waals surface area contributed by atoms with E-state index >= 15 is 0 Å². The Bertz CT molecular complexity index is 917. The van der Waals surface area contributed by atoms with Crippen LogP contribution >= 0.6 is 11.8 Å². The zero-order valence-corrected chi connectivity index (χ0v) is 15.5. The van der Waals surface area contributed by atoms with Crippen LogP contribution in [0.2, 0.25) is 0 Å². The fourth-order valence-corrected chi connectivity index (χ4v) is 3.60. The van der Waals surface area contributed by atoms with Gasteiger partial charge in [-0.25, -0.2) is 4.98 Å². The first-order valence-electron chi connectivity index (χ1n) is 8.55. The van der Waals surface area contributed by atoms with E-state index in [0.717, 1.165) is 41.8 Å². The largest absolute Gasteiger partial charge is 0.384 e. The molecule has 0 fully saturated rings. The lowest BCUT2D eigenvalue weighted by atomic mass is 10.1. The molecule has 0 saturated carbocycles. The van der Waals surface area contributed by atoms with Crippen LogP contribution in [0.3, 0.4) is 0 Å². The summed E-state index contributed by atoms with van der Waals surface area (Å²) in [6.07, 6.45) is 4.96. The summed E-state index contributed by atoms with van der Waals surface area (Å²) in [5, 5.41) is 12.2. The maximum Gasteiger partial charge on any atom is 0.228 e. The van der Waals surface area contributed by atoms with Crippen molar-refractivity contribution in [3.63, 3.8) is 0 Å². The molecule has 130 valence electrons.